The van der Waals surface area contributed by atoms with Crippen LogP contribution in [0.1, 0.15) is 51.9 Å². The highest BCUT2D eigenvalue weighted by Crippen LogP contribution is 2.36. The van der Waals surface area contributed by atoms with Crippen molar-refractivity contribution in [2.45, 2.75) is 39.2 Å². The number of likely N-dealkylation sites (tertiary alicyclic amines) is 1. The second-order valence-corrected chi connectivity index (χ2v) is 16.3. The van der Waals surface area contributed by atoms with Gasteiger partial charge in [0.25, 0.3) is 5.91 Å². The summed E-state index contributed by atoms with van der Waals surface area (Å²) in [5.74, 6) is -1.71. The lowest BCUT2D eigenvalue weighted by Gasteiger charge is -2.40. The Hall–Kier alpha value is -4.59. The summed E-state index contributed by atoms with van der Waals surface area (Å²) >= 11 is 36.9. The first kappa shape index (κ1) is 44.0. The molecule has 1 aliphatic rings. The maximum atomic E-state index is 13.6. The van der Waals surface area contributed by atoms with Crippen molar-refractivity contribution in [3.8, 4) is 33.9 Å². The highest BCUT2D eigenvalue weighted by Gasteiger charge is 2.41. The van der Waals surface area contributed by atoms with Crippen molar-refractivity contribution in [2.24, 2.45) is 5.73 Å². The number of carboxylic acid groups (broad SMARTS) is 1. The highest BCUT2D eigenvalue weighted by molar-refractivity contribution is 6.36. The van der Waals surface area contributed by atoms with Crippen LogP contribution >= 0.6 is 69.6 Å². The van der Waals surface area contributed by atoms with E-state index in [2.05, 4.69) is 10.4 Å². The number of aromatic nitrogens is 4. The summed E-state index contributed by atoms with van der Waals surface area (Å²) < 4.78 is 3.18. The molecule has 0 unspecified atom stereocenters. The molecular formula is C42H37Cl6N7O4. The number of carboxylic acids is 1. The fourth-order valence-corrected chi connectivity index (χ4v) is 8.27. The van der Waals surface area contributed by atoms with Crippen molar-refractivity contribution in [3.05, 3.63) is 138 Å². The third kappa shape index (κ3) is 9.27. The van der Waals surface area contributed by atoms with Crippen LogP contribution in [0.2, 0.25) is 30.1 Å². The van der Waals surface area contributed by atoms with Gasteiger partial charge in [0.15, 0.2) is 11.4 Å². The van der Waals surface area contributed by atoms with E-state index >= 15 is 0 Å². The van der Waals surface area contributed by atoms with Crippen LogP contribution in [0, 0.1) is 13.8 Å². The molecule has 17 heteroatoms. The first-order chi connectivity index (χ1) is 28.0. The lowest BCUT2D eigenvalue weighted by molar-refractivity contribution is -0.126. The van der Waals surface area contributed by atoms with Gasteiger partial charge in [-0.3, -0.25) is 9.59 Å². The Labute approximate surface area is 370 Å². The molecule has 0 bridgehead atoms. The maximum Gasteiger partial charge on any atom is 0.356 e. The fourth-order valence-electron chi connectivity index (χ4n) is 7.04. The first-order valence-corrected chi connectivity index (χ1v) is 20.5. The standard InChI is InChI=1S/C25H26Cl3N5O2.C17H11Cl3N2O2/c1-3-30-25(24(29)35)10-12-32(13-11-25)23(34)21-15(2)22(16-4-6-17(26)7-5-16)33(31-21)20-9-8-18(27)14-19(20)28;1-9-15(17(23)24)21-22(14-7-6-12(19)8-13(14)20)16(9)10-2-4-11(18)5-3-10/h4-9,14,30H,3,10-13H2,1-2H3,(H2,29,35);2-8H,1H3,(H,23,24). The Kier molecular flexibility index (Phi) is 13.7. The molecule has 0 atom stereocenters. The molecule has 4 N–H and O–H groups in total. The number of nitrogens with two attached hydrogens (primary N) is 1. The molecule has 1 aliphatic heterocycles. The number of rotatable bonds is 9. The smallest absolute Gasteiger partial charge is 0.356 e. The van der Waals surface area contributed by atoms with E-state index < -0.39 is 17.4 Å². The Bertz CT molecular complexity index is 2550. The minimum absolute atomic E-state index is 0.0361. The average Bonchev–Trinajstić information content (AvgIpc) is 3.72. The zero-order chi connectivity index (χ0) is 42.8. The van der Waals surface area contributed by atoms with Gasteiger partial charge < -0.3 is 21.1 Å². The van der Waals surface area contributed by atoms with E-state index in [4.69, 9.17) is 80.4 Å². The van der Waals surface area contributed by atoms with Gasteiger partial charge in [-0.05, 0) is 93.9 Å². The van der Waals surface area contributed by atoms with Gasteiger partial charge in [0.05, 0.1) is 32.8 Å². The van der Waals surface area contributed by atoms with Gasteiger partial charge in [0, 0.05) is 55.4 Å². The van der Waals surface area contributed by atoms with Crippen LogP contribution in [0.25, 0.3) is 33.9 Å². The molecule has 1 saturated heterocycles. The molecule has 2 aromatic heterocycles. The molecule has 306 valence electrons. The van der Waals surface area contributed by atoms with Crippen LogP contribution in [-0.2, 0) is 4.79 Å². The summed E-state index contributed by atoms with van der Waals surface area (Å²) in [4.78, 5) is 38.9. The molecule has 2 amide bonds. The fraction of sp³-hybridized carbons (Fsp3) is 0.214. The van der Waals surface area contributed by atoms with Crippen LogP contribution in [0.4, 0.5) is 0 Å². The molecule has 11 nitrogen and oxygen atoms in total. The molecule has 6 aromatic rings. The number of nitrogens with one attached hydrogen (secondary N) is 1. The predicted molar refractivity (Wildman–Crippen MR) is 235 cm³/mol. The second-order valence-electron chi connectivity index (χ2n) is 13.7. The molecule has 3 heterocycles. The molecule has 0 spiro atoms. The number of carbonyl (C=O) groups excluding carboxylic acids is 2. The van der Waals surface area contributed by atoms with Crippen molar-refractivity contribution < 1.29 is 19.5 Å². The van der Waals surface area contributed by atoms with Gasteiger partial charge in [0.1, 0.15) is 5.54 Å². The van der Waals surface area contributed by atoms with Crippen molar-refractivity contribution in [3.63, 3.8) is 0 Å². The molecule has 4 aromatic carbocycles. The Balaban J connectivity index is 0.000000213. The minimum atomic E-state index is -1.11. The Morgan fingerprint density at radius 3 is 1.47 bits per heavy atom. The molecule has 1 fully saturated rings. The number of aromatic carboxylic acids is 1. The minimum Gasteiger partial charge on any atom is -0.476 e. The predicted octanol–water partition coefficient (Wildman–Crippen LogP) is 10.4. The number of halogens is 6. The number of benzene rings is 4. The number of piperidine rings is 1. The average molecular weight is 917 g/mol. The number of hydrogen-bond acceptors (Lipinski definition) is 6. The third-order valence-electron chi connectivity index (χ3n) is 10.1. The van der Waals surface area contributed by atoms with Crippen LogP contribution in [-0.4, -0.2) is 72.5 Å². The van der Waals surface area contributed by atoms with Crippen molar-refractivity contribution in [1.29, 1.82) is 0 Å². The van der Waals surface area contributed by atoms with E-state index in [9.17, 15) is 19.5 Å². The van der Waals surface area contributed by atoms with Gasteiger partial charge in [-0.25, -0.2) is 14.2 Å². The van der Waals surface area contributed by atoms with E-state index in [1.165, 1.54) is 4.68 Å². The van der Waals surface area contributed by atoms with Gasteiger partial charge in [0.2, 0.25) is 5.91 Å². The summed E-state index contributed by atoms with van der Waals surface area (Å²) in [6.45, 7) is 6.89. The number of carbonyl (C=O) groups is 3. The highest BCUT2D eigenvalue weighted by atomic mass is 35.5. The largest absolute Gasteiger partial charge is 0.476 e. The third-order valence-corrected chi connectivity index (χ3v) is 11.6. The lowest BCUT2D eigenvalue weighted by atomic mass is 9.86. The van der Waals surface area contributed by atoms with Crippen LogP contribution < -0.4 is 11.1 Å². The van der Waals surface area contributed by atoms with E-state index in [0.717, 1.165) is 16.8 Å². The monoisotopic (exact) mass is 913 g/mol. The number of primary amides is 1. The molecular weight excluding hydrogens is 879 g/mol. The summed E-state index contributed by atoms with van der Waals surface area (Å²) in [5.41, 5.74) is 10.5. The van der Waals surface area contributed by atoms with E-state index in [0.29, 0.717) is 96.5 Å². The summed E-state index contributed by atoms with van der Waals surface area (Å²) in [7, 11) is 0. The Morgan fingerprint density at radius 1 is 0.678 bits per heavy atom. The van der Waals surface area contributed by atoms with Gasteiger partial charge >= 0.3 is 5.97 Å². The van der Waals surface area contributed by atoms with Gasteiger partial charge in [-0.2, -0.15) is 10.2 Å². The van der Waals surface area contributed by atoms with E-state index in [1.54, 1.807) is 89.3 Å². The zero-order valence-corrected chi connectivity index (χ0v) is 36.4. The van der Waals surface area contributed by atoms with Crippen LogP contribution in [0.5, 0.6) is 0 Å². The lowest BCUT2D eigenvalue weighted by Crippen LogP contribution is -2.61. The summed E-state index contributed by atoms with van der Waals surface area (Å²) in [6, 6.07) is 24.5. The maximum absolute atomic E-state index is 13.6. The van der Waals surface area contributed by atoms with E-state index in [1.807, 2.05) is 26.0 Å². The van der Waals surface area contributed by atoms with Gasteiger partial charge in [-0.1, -0.05) is 101 Å². The summed E-state index contributed by atoms with van der Waals surface area (Å²) in [5, 5.41) is 24.5. The molecule has 59 heavy (non-hydrogen) atoms. The normalized spacial score (nSPS) is 13.5. The molecule has 0 aliphatic carbocycles. The second kappa shape index (κ2) is 18.4. The SMILES string of the molecule is CCNC1(C(N)=O)CCN(C(=O)c2nn(-c3ccc(Cl)cc3Cl)c(-c3ccc(Cl)cc3)c2C)CC1.Cc1c(C(=O)O)nn(-c2ccc(Cl)cc2Cl)c1-c1ccc(Cl)cc1. The van der Waals surface area contributed by atoms with Crippen molar-refractivity contribution >= 4 is 87.4 Å². The first-order valence-electron chi connectivity index (χ1n) is 18.2. The van der Waals surface area contributed by atoms with Crippen molar-refractivity contribution in [1.82, 2.24) is 29.8 Å². The zero-order valence-electron chi connectivity index (χ0n) is 31.9. The van der Waals surface area contributed by atoms with Gasteiger partial charge in [-0.15, -0.1) is 0 Å². The molecule has 0 saturated carbocycles. The van der Waals surface area contributed by atoms with E-state index in [-0.39, 0.29) is 11.6 Å². The molecule has 7 rings (SSSR count). The van der Waals surface area contributed by atoms with Crippen LogP contribution in [0.15, 0.2) is 84.9 Å². The summed E-state index contributed by atoms with van der Waals surface area (Å²) in [6.07, 6.45) is 0.878. The van der Waals surface area contributed by atoms with Crippen LogP contribution in [0.3, 0.4) is 0 Å². The number of hydrogen-bond donors (Lipinski definition) is 3. The quantitative estimate of drug-likeness (QED) is 0.131. The number of likely N-dealkylation sites (N-methyl/N-ethyl adjacent to an activating group) is 1. The Morgan fingerprint density at radius 2 is 1.08 bits per heavy atom. The number of nitrogens with zero attached hydrogens (tertiary/aromatic N) is 5. The van der Waals surface area contributed by atoms with Crippen molar-refractivity contribution in [2.75, 3.05) is 19.6 Å². The topological polar surface area (TPSA) is 148 Å². The molecule has 0 radical (unpaired) electrons. The number of amides is 2.